The zero-order valence-corrected chi connectivity index (χ0v) is 12.0. The van der Waals surface area contributed by atoms with E-state index in [1.54, 1.807) is 0 Å². The third-order valence-electron chi connectivity index (χ3n) is 3.83. The lowest BCUT2D eigenvalue weighted by molar-refractivity contribution is 0.0746. The Labute approximate surface area is 116 Å². The Morgan fingerprint density at radius 2 is 2.11 bits per heavy atom. The predicted octanol–water partition coefficient (Wildman–Crippen LogP) is 3.38. The number of nitrogens with one attached hydrogen (secondary N) is 1. The molecule has 3 nitrogen and oxygen atoms in total. The van der Waals surface area contributed by atoms with Crippen molar-refractivity contribution in [3.05, 3.63) is 29.8 Å². The van der Waals surface area contributed by atoms with Gasteiger partial charge in [0.2, 0.25) is 0 Å². The van der Waals surface area contributed by atoms with E-state index in [9.17, 15) is 4.79 Å². The molecule has 1 aromatic rings. The Balaban J connectivity index is 2.04. The number of hydrogen-bond donors (Lipinski definition) is 1. The second-order valence-corrected chi connectivity index (χ2v) is 5.45. The van der Waals surface area contributed by atoms with E-state index >= 15 is 0 Å². The quantitative estimate of drug-likeness (QED) is 0.850. The van der Waals surface area contributed by atoms with E-state index in [4.69, 9.17) is 0 Å². The van der Waals surface area contributed by atoms with Gasteiger partial charge in [0.05, 0.1) is 5.56 Å². The Kier molecular flexibility index (Phi) is 4.83. The Hall–Kier alpha value is -1.51. The van der Waals surface area contributed by atoms with Crippen molar-refractivity contribution >= 4 is 11.6 Å². The summed E-state index contributed by atoms with van der Waals surface area (Å²) >= 11 is 0. The lowest BCUT2D eigenvalue weighted by Gasteiger charge is -2.30. The maximum atomic E-state index is 12.5. The lowest BCUT2D eigenvalue weighted by atomic mass is 9.85. The molecule has 0 spiro atoms. The first-order valence-electron chi connectivity index (χ1n) is 7.30. The Morgan fingerprint density at radius 1 is 1.37 bits per heavy atom. The predicted molar refractivity (Wildman–Crippen MR) is 79.5 cm³/mol. The van der Waals surface area contributed by atoms with Gasteiger partial charge in [-0.05, 0) is 37.3 Å². The normalized spacial score (nSPS) is 14.8. The maximum absolute atomic E-state index is 12.5. The first-order chi connectivity index (χ1) is 9.22. The monoisotopic (exact) mass is 260 g/mol. The number of nitrogens with zero attached hydrogens (tertiary/aromatic N) is 1. The van der Waals surface area contributed by atoms with Crippen LogP contribution in [-0.2, 0) is 0 Å². The molecular formula is C16H24N2O. The second kappa shape index (κ2) is 6.60. The molecule has 1 aliphatic rings. The molecule has 0 aliphatic heterocycles. The number of anilines is 1. The fourth-order valence-electron chi connectivity index (χ4n) is 2.43. The minimum atomic E-state index is 0.131. The van der Waals surface area contributed by atoms with Crippen LogP contribution in [0, 0.1) is 5.92 Å². The van der Waals surface area contributed by atoms with Gasteiger partial charge in [-0.1, -0.05) is 25.5 Å². The van der Waals surface area contributed by atoms with Gasteiger partial charge < -0.3 is 10.2 Å². The largest absolute Gasteiger partial charge is 0.384 e. The fraction of sp³-hybridized carbons (Fsp3) is 0.562. The summed E-state index contributed by atoms with van der Waals surface area (Å²) < 4.78 is 0. The minimum Gasteiger partial charge on any atom is -0.384 e. The van der Waals surface area contributed by atoms with Crippen molar-refractivity contribution in [2.24, 2.45) is 5.92 Å². The van der Waals surface area contributed by atoms with Crippen molar-refractivity contribution < 1.29 is 4.79 Å². The molecule has 1 saturated carbocycles. The van der Waals surface area contributed by atoms with Gasteiger partial charge in [0.1, 0.15) is 0 Å². The number of carbonyl (C=O) groups is 1. The Bertz CT molecular complexity index is 427. The summed E-state index contributed by atoms with van der Waals surface area (Å²) in [7, 11) is 1.91. The molecule has 0 atom stereocenters. The van der Waals surface area contributed by atoms with Gasteiger partial charge in [-0.2, -0.15) is 0 Å². The average molecular weight is 260 g/mol. The van der Waals surface area contributed by atoms with E-state index in [2.05, 4.69) is 12.2 Å². The highest BCUT2D eigenvalue weighted by atomic mass is 16.2. The average Bonchev–Trinajstić information content (AvgIpc) is 2.39. The van der Waals surface area contributed by atoms with Crippen molar-refractivity contribution in [1.82, 2.24) is 4.90 Å². The van der Waals surface area contributed by atoms with Crippen molar-refractivity contribution in [2.75, 3.05) is 25.5 Å². The van der Waals surface area contributed by atoms with Crippen LogP contribution in [-0.4, -0.2) is 30.9 Å². The first-order valence-corrected chi connectivity index (χ1v) is 7.30. The van der Waals surface area contributed by atoms with Gasteiger partial charge in [-0.25, -0.2) is 0 Å². The zero-order chi connectivity index (χ0) is 13.7. The maximum Gasteiger partial charge on any atom is 0.255 e. The SMILES string of the molecule is CCCNc1ccccc1C(=O)N(C)CC1CCC1. The van der Waals surface area contributed by atoms with Crippen LogP contribution in [0.5, 0.6) is 0 Å². The molecule has 0 aromatic heterocycles. The van der Waals surface area contributed by atoms with Crippen LogP contribution in [0.4, 0.5) is 5.69 Å². The van der Waals surface area contributed by atoms with Crippen molar-refractivity contribution in [3.8, 4) is 0 Å². The van der Waals surface area contributed by atoms with E-state index in [-0.39, 0.29) is 5.91 Å². The molecule has 1 fully saturated rings. The highest BCUT2D eigenvalue weighted by Crippen LogP contribution is 2.27. The standard InChI is InChI=1S/C16H24N2O/c1-3-11-17-15-10-5-4-9-14(15)16(19)18(2)12-13-7-6-8-13/h4-5,9-10,13,17H,3,6-8,11-12H2,1-2H3. The van der Waals surface area contributed by atoms with Gasteiger partial charge in [0.15, 0.2) is 0 Å². The number of para-hydroxylation sites is 1. The summed E-state index contributed by atoms with van der Waals surface area (Å²) in [6.07, 6.45) is 4.92. The van der Waals surface area contributed by atoms with E-state index in [0.717, 1.165) is 30.8 Å². The third kappa shape index (κ3) is 3.49. The van der Waals surface area contributed by atoms with Crippen LogP contribution >= 0.6 is 0 Å². The van der Waals surface area contributed by atoms with Crippen LogP contribution in [0.1, 0.15) is 43.0 Å². The van der Waals surface area contributed by atoms with E-state index < -0.39 is 0 Å². The number of hydrogen-bond acceptors (Lipinski definition) is 2. The van der Waals surface area contributed by atoms with Crippen LogP contribution in [0.3, 0.4) is 0 Å². The molecule has 1 aliphatic carbocycles. The molecule has 104 valence electrons. The molecule has 1 aromatic carbocycles. The van der Waals surface area contributed by atoms with Crippen molar-refractivity contribution in [2.45, 2.75) is 32.6 Å². The highest BCUT2D eigenvalue weighted by molar-refractivity contribution is 5.99. The van der Waals surface area contributed by atoms with E-state index in [1.807, 2.05) is 36.2 Å². The molecule has 2 rings (SSSR count). The topological polar surface area (TPSA) is 32.3 Å². The van der Waals surface area contributed by atoms with Gasteiger partial charge >= 0.3 is 0 Å². The van der Waals surface area contributed by atoms with Crippen LogP contribution < -0.4 is 5.32 Å². The Morgan fingerprint density at radius 3 is 2.74 bits per heavy atom. The summed E-state index contributed by atoms with van der Waals surface area (Å²) in [6, 6.07) is 7.81. The first kappa shape index (κ1) is 13.9. The van der Waals surface area contributed by atoms with Crippen LogP contribution in [0.25, 0.3) is 0 Å². The summed E-state index contributed by atoms with van der Waals surface area (Å²) in [5, 5.41) is 3.33. The summed E-state index contributed by atoms with van der Waals surface area (Å²) in [6.45, 7) is 3.91. The van der Waals surface area contributed by atoms with Gasteiger partial charge in [-0.15, -0.1) is 0 Å². The number of benzene rings is 1. The molecule has 1 amide bonds. The van der Waals surface area contributed by atoms with Gasteiger partial charge in [-0.3, -0.25) is 4.79 Å². The summed E-state index contributed by atoms with van der Waals surface area (Å²) in [5.74, 6) is 0.843. The molecule has 3 heteroatoms. The third-order valence-corrected chi connectivity index (χ3v) is 3.83. The van der Waals surface area contributed by atoms with Gasteiger partial charge in [0.25, 0.3) is 5.91 Å². The second-order valence-electron chi connectivity index (χ2n) is 5.45. The smallest absolute Gasteiger partial charge is 0.255 e. The number of amides is 1. The summed E-state index contributed by atoms with van der Waals surface area (Å²) in [5.41, 5.74) is 1.74. The highest BCUT2D eigenvalue weighted by Gasteiger charge is 2.22. The lowest BCUT2D eigenvalue weighted by Crippen LogP contribution is -2.34. The van der Waals surface area contributed by atoms with Gasteiger partial charge in [0, 0.05) is 25.8 Å². The van der Waals surface area contributed by atoms with E-state index in [0.29, 0.717) is 5.92 Å². The molecule has 1 N–H and O–H groups in total. The van der Waals surface area contributed by atoms with Crippen LogP contribution in [0.15, 0.2) is 24.3 Å². The zero-order valence-electron chi connectivity index (χ0n) is 12.0. The van der Waals surface area contributed by atoms with Crippen molar-refractivity contribution in [3.63, 3.8) is 0 Å². The van der Waals surface area contributed by atoms with E-state index in [1.165, 1.54) is 19.3 Å². The molecular weight excluding hydrogens is 236 g/mol. The summed E-state index contributed by atoms with van der Waals surface area (Å²) in [4.78, 5) is 14.4. The molecule has 0 radical (unpaired) electrons. The number of carbonyl (C=O) groups excluding carboxylic acids is 1. The minimum absolute atomic E-state index is 0.131. The molecule has 0 unspecified atom stereocenters. The molecule has 0 heterocycles. The fourth-order valence-corrected chi connectivity index (χ4v) is 2.43. The number of rotatable bonds is 6. The molecule has 0 saturated heterocycles. The molecule has 19 heavy (non-hydrogen) atoms. The van der Waals surface area contributed by atoms with Crippen molar-refractivity contribution in [1.29, 1.82) is 0 Å². The van der Waals surface area contributed by atoms with Crippen LogP contribution in [0.2, 0.25) is 0 Å². The molecule has 0 bridgehead atoms.